The van der Waals surface area contributed by atoms with E-state index in [0.717, 1.165) is 29.9 Å². The summed E-state index contributed by atoms with van der Waals surface area (Å²) in [6, 6.07) is 9.30. The lowest BCUT2D eigenvalue weighted by molar-refractivity contribution is 0.384. The maximum absolute atomic E-state index is 14.1. The van der Waals surface area contributed by atoms with Gasteiger partial charge in [-0.2, -0.15) is 0 Å². The number of phenols is 1. The Morgan fingerprint density at radius 2 is 1.96 bits per heavy atom. The number of rotatable bonds is 4. The van der Waals surface area contributed by atoms with E-state index in [4.69, 9.17) is 0 Å². The fourth-order valence-electron chi connectivity index (χ4n) is 2.88. The predicted molar refractivity (Wildman–Crippen MR) is 95.9 cm³/mol. The Kier molecular flexibility index (Phi) is 4.82. The third-order valence-corrected chi connectivity index (χ3v) is 4.67. The van der Waals surface area contributed by atoms with Gasteiger partial charge in [-0.1, -0.05) is 18.2 Å². The van der Waals surface area contributed by atoms with Crippen LogP contribution in [0.25, 0.3) is 5.57 Å². The number of nitrogens with zero attached hydrogens (tertiary/aromatic N) is 1. The van der Waals surface area contributed by atoms with E-state index >= 15 is 0 Å². The van der Waals surface area contributed by atoms with Gasteiger partial charge in [-0.25, -0.2) is 17.2 Å². The van der Waals surface area contributed by atoms with Crippen LogP contribution in [0.5, 0.6) is 5.75 Å². The summed E-state index contributed by atoms with van der Waals surface area (Å²) in [5, 5.41) is 10.8. The highest BCUT2D eigenvalue weighted by molar-refractivity contribution is 7.93. The van der Waals surface area contributed by atoms with Crippen molar-refractivity contribution in [1.82, 2.24) is 4.90 Å². The van der Waals surface area contributed by atoms with E-state index in [9.17, 15) is 22.3 Å². The molecule has 0 amide bonds. The van der Waals surface area contributed by atoms with Crippen molar-refractivity contribution in [2.75, 3.05) is 12.8 Å². The highest BCUT2D eigenvalue weighted by Crippen LogP contribution is 2.36. The molecular formula is C19H17F2NO3S. The number of halogens is 2. The van der Waals surface area contributed by atoms with Crippen molar-refractivity contribution in [2.45, 2.75) is 6.04 Å². The second-order valence-corrected chi connectivity index (χ2v) is 8.07. The van der Waals surface area contributed by atoms with Crippen LogP contribution in [0.15, 0.2) is 60.1 Å². The monoisotopic (exact) mass is 377 g/mol. The molecule has 0 aliphatic carbocycles. The van der Waals surface area contributed by atoms with Crippen molar-refractivity contribution in [2.24, 2.45) is 0 Å². The van der Waals surface area contributed by atoms with Crippen molar-refractivity contribution in [3.63, 3.8) is 0 Å². The van der Waals surface area contributed by atoms with E-state index in [2.05, 4.69) is 0 Å². The first-order valence-corrected chi connectivity index (χ1v) is 9.77. The summed E-state index contributed by atoms with van der Waals surface area (Å²) >= 11 is 0. The molecule has 0 fully saturated rings. The molecule has 1 aliphatic heterocycles. The quantitative estimate of drug-likeness (QED) is 0.884. The Morgan fingerprint density at radius 3 is 2.65 bits per heavy atom. The summed E-state index contributed by atoms with van der Waals surface area (Å²) in [5.74, 6) is -1.05. The van der Waals surface area contributed by atoms with E-state index in [-0.39, 0.29) is 17.9 Å². The van der Waals surface area contributed by atoms with Crippen LogP contribution in [-0.2, 0) is 9.84 Å². The van der Waals surface area contributed by atoms with Crippen molar-refractivity contribution in [3.8, 4) is 5.75 Å². The molecule has 1 atom stereocenters. The molecule has 26 heavy (non-hydrogen) atoms. The summed E-state index contributed by atoms with van der Waals surface area (Å²) in [4.78, 5) is 1.69. The topological polar surface area (TPSA) is 57.6 Å². The smallest absolute Gasteiger partial charge is 0.170 e. The lowest BCUT2D eigenvalue weighted by Crippen LogP contribution is -2.18. The highest BCUT2D eigenvalue weighted by atomic mass is 32.2. The van der Waals surface area contributed by atoms with Crippen LogP contribution < -0.4 is 0 Å². The zero-order chi connectivity index (χ0) is 18.9. The molecule has 0 spiro atoms. The molecule has 2 aromatic rings. The van der Waals surface area contributed by atoms with E-state index < -0.39 is 27.5 Å². The second-order valence-electron chi connectivity index (χ2n) is 6.14. The maximum Gasteiger partial charge on any atom is 0.170 e. The number of benzene rings is 2. The van der Waals surface area contributed by atoms with Crippen LogP contribution in [0.3, 0.4) is 0 Å². The molecule has 0 saturated carbocycles. The van der Waals surface area contributed by atoms with Gasteiger partial charge in [-0.15, -0.1) is 0 Å². The Labute approximate surface area is 150 Å². The van der Waals surface area contributed by atoms with Crippen LogP contribution >= 0.6 is 0 Å². The molecule has 0 aromatic heterocycles. The van der Waals surface area contributed by atoms with Gasteiger partial charge in [0, 0.05) is 30.0 Å². The lowest BCUT2D eigenvalue weighted by Gasteiger charge is -2.23. The van der Waals surface area contributed by atoms with Crippen LogP contribution in [0.4, 0.5) is 8.78 Å². The average Bonchev–Trinajstić information content (AvgIpc) is 2.99. The molecule has 2 aromatic carbocycles. The van der Waals surface area contributed by atoms with E-state index in [1.807, 2.05) is 0 Å². The van der Waals surface area contributed by atoms with Gasteiger partial charge in [0.2, 0.25) is 0 Å². The summed E-state index contributed by atoms with van der Waals surface area (Å²) in [6.45, 7) is 0.201. The Morgan fingerprint density at radius 1 is 1.19 bits per heavy atom. The first-order chi connectivity index (χ1) is 12.2. The minimum absolute atomic E-state index is 0.0633. The van der Waals surface area contributed by atoms with Crippen molar-refractivity contribution in [1.29, 1.82) is 0 Å². The van der Waals surface area contributed by atoms with Crippen molar-refractivity contribution < 1.29 is 22.3 Å². The van der Waals surface area contributed by atoms with Crippen molar-refractivity contribution >= 4 is 15.4 Å². The first kappa shape index (κ1) is 18.1. The molecule has 0 bridgehead atoms. The van der Waals surface area contributed by atoms with Gasteiger partial charge >= 0.3 is 0 Å². The van der Waals surface area contributed by atoms with Gasteiger partial charge in [0.1, 0.15) is 17.4 Å². The molecule has 0 saturated heterocycles. The van der Waals surface area contributed by atoms with E-state index in [1.165, 1.54) is 12.3 Å². The summed E-state index contributed by atoms with van der Waals surface area (Å²) < 4.78 is 50.6. The third kappa shape index (κ3) is 4.11. The minimum atomic E-state index is -3.35. The van der Waals surface area contributed by atoms with E-state index in [0.29, 0.717) is 11.1 Å². The number of sulfone groups is 1. The number of hydrogen-bond donors (Lipinski definition) is 1. The molecule has 3 rings (SSSR count). The standard InChI is InChI=1S/C19H17F2NO3S/c1-26(24,25)8-7-22-12-14(17-11-15(20)5-6-18(17)21)10-19(22)13-3-2-4-16(23)9-13/h2-11,19,23H,12H2,1H3/b8-7+/t19-/m0/s1. The average molecular weight is 377 g/mol. The normalized spacial score (nSPS) is 17.7. The van der Waals surface area contributed by atoms with Gasteiger partial charge in [0.15, 0.2) is 9.84 Å². The van der Waals surface area contributed by atoms with Gasteiger partial charge in [0.25, 0.3) is 0 Å². The second kappa shape index (κ2) is 6.92. The Bertz CT molecular complexity index is 1000. The Hall–Kier alpha value is -2.67. The highest BCUT2D eigenvalue weighted by Gasteiger charge is 2.26. The summed E-state index contributed by atoms with van der Waals surface area (Å²) in [6.07, 6.45) is 4.22. The molecular weight excluding hydrogens is 360 g/mol. The van der Waals surface area contributed by atoms with Crippen molar-refractivity contribution in [3.05, 3.63) is 82.9 Å². The third-order valence-electron chi connectivity index (χ3n) is 4.05. The fraction of sp³-hybridized carbons (Fsp3) is 0.158. The van der Waals surface area contributed by atoms with Crippen LogP contribution in [0, 0.1) is 11.6 Å². The molecule has 1 heterocycles. The van der Waals surface area contributed by atoms with Crippen LogP contribution in [0.1, 0.15) is 17.2 Å². The zero-order valence-electron chi connectivity index (χ0n) is 13.9. The predicted octanol–water partition coefficient (Wildman–Crippen LogP) is 3.63. The SMILES string of the molecule is CS(=O)(=O)/C=C/N1CC(c2cc(F)ccc2F)=C[C@H]1c1cccc(O)c1. The maximum atomic E-state index is 14.1. The largest absolute Gasteiger partial charge is 0.508 e. The number of hydrogen-bond acceptors (Lipinski definition) is 4. The van der Waals surface area contributed by atoms with Crippen LogP contribution in [0.2, 0.25) is 0 Å². The molecule has 0 unspecified atom stereocenters. The molecule has 0 radical (unpaired) electrons. The summed E-state index contributed by atoms with van der Waals surface area (Å²) in [5.41, 5.74) is 1.37. The molecule has 7 heteroatoms. The molecule has 1 N–H and O–H groups in total. The fourth-order valence-corrected chi connectivity index (χ4v) is 3.26. The van der Waals surface area contributed by atoms with Gasteiger partial charge in [-0.05, 0) is 41.5 Å². The molecule has 136 valence electrons. The number of aromatic hydroxyl groups is 1. The van der Waals surface area contributed by atoms with Crippen LogP contribution in [-0.4, -0.2) is 31.2 Å². The minimum Gasteiger partial charge on any atom is -0.508 e. The Balaban J connectivity index is 2.04. The van der Waals surface area contributed by atoms with Gasteiger partial charge < -0.3 is 10.0 Å². The molecule has 1 aliphatic rings. The van der Waals surface area contributed by atoms with Gasteiger partial charge in [-0.3, -0.25) is 0 Å². The van der Waals surface area contributed by atoms with E-state index in [1.54, 1.807) is 29.2 Å². The summed E-state index contributed by atoms with van der Waals surface area (Å²) in [7, 11) is -3.35. The molecule has 4 nitrogen and oxygen atoms in total. The van der Waals surface area contributed by atoms with Gasteiger partial charge in [0.05, 0.1) is 6.04 Å². The zero-order valence-corrected chi connectivity index (χ0v) is 14.7. The lowest BCUT2D eigenvalue weighted by atomic mass is 10.0. The first-order valence-electron chi connectivity index (χ1n) is 7.82. The number of phenolic OH excluding ortho intramolecular Hbond substituents is 1.